The Morgan fingerprint density at radius 1 is 1.32 bits per heavy atom. The van der Waals surface area contributed by atoms with Gasteiger partial charge >= 0.3 is 5.97 Å². The Balaban J connectivity index is 2.22. The van der Waals surface area contributed by atoms with Crippen LogP contribution in [-0.2, 0) is 19.9 Å². The Hall–Kier alpha value is -1.84. The van der Waals surface area contributed by atoms with Crippen LogP contribution in [-0.4, -0.2) is 30.4 Å². The second-order valence-corrected chi connectivity index (χ2v) is 5.35. The fraction of sp³-hybridized carbons (Fsp3) is 0.467. The standard InChI is InChI=1S/C15H19NO3/c1-15(2,12-7-5-4-6-8-12)16-10-11(9-13(16)17)14(18)19-3/h4-8,11H,9-10H2,1-3H3. The second kappa shape index (κ2) is 5.03. The molecule has 1 unspecified atom stereocenters. The van der Waals surface area contributed by atoms with Crippen molar-refractivity contribution in [2.75, 3.05) is 13.7 Å². The first-order valence-electron chi connectivity index (χ1n) is 6.40. The van der Waals surface area contributed by atoms with Gasteiger partial charge in [-0.2, -0.15) is 0 Å². The van der Waals surface area contributed by atoms with Crippen molar-refractivity contribution in [2.45, 2.75) is 25.8 Å². The lowest BCUT2D eigenvalue weighted by Crippen LogP contribution is -2.42. The molecule has 1 aliphatic heterocycles. The molecule has 1 fully saturated rings. The maximum Gasteiger partial charge on any atom is 0.310 e. The second-order valence-electron chi connectivity index (χ2n) is 5.35. The Kier molecular flexibility index (Phi) is 3.60. The number of likely N-dealkylation sites (tertiary alicyclic amines) is 1. The molecule has 102 valence electrons. The van der Waals surface area contributed by atoms with Crippen LogP contribution in [0.15, 0.2) is 30.3 Å². The van der Waals surface area contributed by atoms with Gasteiger partial charge in [-0.05, 0) is 19.4 Å². The van der Waals surface area contributed by atoms with Gasteiger partial charge in [0, 0.05) is 13.0 Å². The molecule has 19 heavy (non-hydrogen) atoms. The van der Waals surface area contributed by atoms with E-state index in [1.165, 1.54) is 7.11 Å². The first-order valence-corrected chi connectivity index (χ1v) is 6.40. The number of methoxy groups -OCH3 is 1. The molecule has 1 atom stereocenters. The van der Waals surface area contributed by atoms with E-state index in [0.717, 1.165) is 5.56 Å². The van der Waals surface area contributed by atoms with Gasteiger partial charge in [-0.3, -0.25) is 9.59 Å². The van der Waals surface area contributed by atoms with Crippen molar-refractivity contribution >= 4 is 11.9 Å². The minimum absolute atomic E-state index is 0.00394. The summed E-state index contributed by atoms with van der Waals surface area (Å²) in [7, 11) is 1.36. The number of carbonyl (C=O) groups is 2. The molecule has 1 aromatic carbocycles. The van der Waals surface area contributed by atoms with Crippen LogP contribution >= 0.6 is 0 Å². The SMILES string of the molecule is COC(=O)C1CC(=O)N(C(C)(C)c2ccccc2)C1. The maximum absolute atomic E-state index is 12.1. The Bertz CT molecular complexity index is 481. The summed E-state index contributed by atoms with van der Waals surface area (Å²) in [6.07, 6.45) is 0.239. The van der Waals surface area contributed by atoms with Crippen molar-refractivity contribution in [3.05, 3.63) is 35.9 Å². The van der Waals surface area contributed by atoms with Gasteiger partial charge in [0.05, 0.1) is 18.6 Å². The molecule has 2 rings (SSSR count). The van der Waals surface area contributed by atoms with E-state index in [9.17, 15) is 9.59 Å². The van der Waals surface area contributed by atoms with Crippen molar-refractivity contribution in [3.63, 3.8) is 0 Å². The molecule has 1 amide bonds. The van der Waals surface area contributed by atoms with Crippen molar-refractivity contribution in [2.24, 2.45) is 5.92 Å². The number of amides is 1. The molecule has 0 bridgehead atoms. The van der Waals surface area contributed by atoms with Gasteiger partial charge in [-0.1, -0.05) is 30.3 Å². The molecule has 1 aromatic rings. The highest BCUT2D eigenvalue weighted by Gasteiger charge is 2.42. The highest BCUT2D eigenvalue weighted by molar-refractivity contribution is 5.87. The van der Waals surface area contributed by atoms with Gasteiger partial charge in [0.2, 0.25) is 5.91 Å². The van der Waals surface area contributed by atoms with E-state index in [2.05, 4.69) is 0 Å². The largest absolute Gasteiger partial charge is 0.469 e. The molecule has 0 radical (unpaired) electrons. The van der Waals surface area contributed by atoms with Crippen molar-refractivity contribution in [3.8, 4) is 0 Å². The summed E-state index contributed by atoms with van der Waals surface area (Å²) < 4.78 is 4.73. The van der Waals surface area contributed by atoms with Gasteiger partial charge in [0.25, 0.3) is 0 Å². The number of ether oxygens (including phenoxy) is 1. The predicted octanol–water partition coefficient (Wildman–Crippen LogP) is 1.94. The highest BCUT2D eigenvalue weighted by atomic mass is 16.5. The van der Waals surface area contributed by atoms with E-state index >= 15 is 0 Å². The van der Waals surface area contributed by atoms with E-state index in [4.69, 9.17) is 4.74 Å². The first-order chi connectivity index (χ1) is 8.96. The van der Waals surface area contributed by atoms with Crippen LogP contribution < -0.4 is 0 Å². The number of benzene rings is 1. The zero-order chi connectivity index (χ0) is 14.0. The normalized spacial score (nSPS) is 19.6. The van der Waals surface area contributed by atoms with Crippen LogP contribution in [0.3, 0.4) is 0 Å². The highest BCUT2D eigenvalue weighted by Crippen LogP contribution is 2.33. The number of hydrogen-bond donors (Lipinski definition) is 0. The molecule has 0 saturated carbocycles. The lowest BCUT2D eigenvalue weighted by Gasteiger charge is -2.36. The number of carbonyl (C=O) groups excluding carboxylic acids is 2. The quantitative estimate of drug-likeness (QED) is 0.781. The maximum atomic E-state index is 12.1. The number of rotatable bonds is 3. The van der Waals surface area contributed by atoms with E-state index < -0.39 is 5.54 Å². The fourth-order valence-corrected chi connectivity index (χ4v) is 2.57. The van der Waals surface area contributed by atoms with Gasteiger partial charge in [0.1, 0.15) is 0 Å². The third-order valence-corrected chi connectivity index (χ3v) is 3.81. The van der Waals surface area contributed by atoms with Crippen molar-refractivity contribution in [1.29, 1.82) is 0 Å². The van der Waals surface area contributed by atoms with E-state index in [1.807, 2.05) is 44.2 Å². The summed E-state index contributed by atoms with van der Waals surface area (Å²) >= 11 is 0. The average molecular weight is 261 g/mol. The summed E-state index contributed by atoms with van der Waals surface area (Å²) in [5, 5.41) is 0. The number of hydrogen-bond acceptors (Lipinski definition) is 3. The molecular weight excluding hydrogens is 242 g/mol. The molecule has 0 aliphatic carbocycles. The molecule has 1 saturated heterocycles. The molecule has 0 N–H and O–H groups in total. The molecule has 4 heteroatoms. The summed E-state index contributed by atoms with van der Waals surface area (Å²) in [6, 6.07) is 9.85. The predicted molar refractivity (Wildman–Crippen MR) is 71.3 cm³/mol. The van der Waals surface area contributed by atoms with E-state index in [-0.39, 0.29) is 24.2 Å². The molecule has 4 nitrogen and oxygen atoms in total. The Morgan fingerprint density at radius 3 is 2.53 bits per heavy atom. The third kappa shape index (κ3) is 2.48. The number of esters is 1. The molecular formula is C15H19NO3. The monoisotopic (exact) mass is 261 g/mol. The average Bonchev–Trinajstić information content (AvgIpc) is 2.81. The lowest BCUT2D eigenvalue weighted by atomic mass is 9.92. The van der Waals surface area contributed by atoms with Crippen LogP contribution in [0.4, 0.5) is 0 Å². The minimum atomic E-state index is -0.416. The topological polar surface area (TPSA) is 46.6 Å². The van der Waals surface area contributed by atoms with Crippen LogP contribution in [0.2, 0.25) is 0 Å². The number of nitrogens with zero attached hydrogens (tertiary/aromatic N) is 1. The van der Waals surface area contributed by atoms with Crippen LogP contribution in [0.25, 0.3) is 0 Å². The smallest absolute Gasteiger partial charge is 0.310 e. The minimum Gasteiger partial charge on any atom is -0.469 e. The fourth-order valence-electron chi connectivity index (χ4n) is 2.57. The summed E-state index contributed by atoms with van der Waals surface area (Å²) in [6.45, 7) is 4.42. The van der Waals surface area contributed by atoms with Gasteiger partial charge < -0.3 is 9.64 Å². The molecule has 1 heterocycles. The van der Waals surface area contributed by atoms with Crippen LogP contribution in [0, 0.1) is 5.92 Å². The van der Waals surface area contributed by atoms with Gasteiger partial charge in [-0.25, -0.2) is 0 Å². The first kappa shape index (κ1) is 13.6. The van der Waals surface area contributed by atoms with E-state index in [0.29, 0.717) is 6.54 Å². The van der Waals surface area contributed by atoms with Crippen molar-refractivity contribution in [1.82, 2.24) is 4.90 Å². The summed E-state index contributed by atoms with van der Waals surface area (Å²) in [4.78, 5) is 25.5. The van der Waals surface area contributed by atoms with Gasteiger partial charge in [0.15, 0.2) is 0 Å². The Morgan fingerprint density at radius 2 is 1.95 bits per heavy atom. The zero-order valence-corrected chi connectivity index (χ0v) is 11.6. The lowest BCUT2D eigenvalue weighted by molar-refractivity contribution is -0.145. The Labute approximate surface area is 113 Å². The molecule has 1 aliphatic rings. The van der Waals surface area contributed by atoms with Crippen LogP contribution in [0.5, 0.6) is 0 Å². The molecule has 0 aromatic heterocycles. The molecule has 0 spiro atoms. The van der Waals surface area contributed by atoms with E-state index in [1.54, 1.807) is 4.90 Å². The summed E-state index contributed by atoms with van der Waals surface area (Å²) in [5.74, 6) is -0.649. The third-order valence-electron chi connectivity index (χ3n) is 3.81. The van der Waals surface area contributed by atoms with Gasteiger partial charge in [-0.15, -0.1) is 0 Å². The summed E-state index contributed by atoms with van der Waals surface area (Å²) in [5.41, 5.74) is 0.648. The van der Waals surface area contributed by atoms with Crippen LogP contribution in [0.1, 0.15) is 25.8 Å². The van der Waals surface area contributed by atoms with Crippen molar-refractivity contribution < 1.29 is 14.3 Å². The zero-order valence-electron chi connectivity index (χ0n) is 11.6.